The molecule has 2 fully saturated rings. The van der Waals surface area contributed by atoms with Gasteiger partial charge in [0.2, 0.25) is 0 Å². The third kappa shape index (κ3) is 5.36. The van der Waals surface area contributed by atoms with Crippen LogP contribution in [-0.4, -0.2) is 67.2 Å². The van der Waals surface area contributed by atoms with Gasteiger partial charge in [0.25, 0.3) is 0 Å². The third-order valence-corrected chi connectivity index (χ3v) is 10.4. The van der Waals surface area contributed by atoms with Crippen molar-refractivity contribution in [2.45, 2.75) is 62.8 Å². The van der Waals surface area contributed by atoms with Crippen LogP contribution in [0.1, 0.15) is 50.3 Å². The number of rotatable bonds is 8. The number of alkyl halides is 2. The number of hydrogen-bond acceptors (Lipinski definition) is 8. The molecule has 2 amide bonds. The number of aryl methyl sites for hydroxylation is 1. The van der Waals surface area contributed by atoms with Crippen molar-refractivity contribution in [3.8, 4) is 11.4 Å². The highest BCUT2D eigenvalue weighted by molar-refractivity contribution is 8.25. The van der Waals surface area contributed by atoms with Crippen LogP contribution in [0.2, 0.25) is 0 Å². The number of carbonyl (C=O) groups is 1. The summed E-state index contributed by atoms with van der Waals surface area (Å²) >= 11 is 0. The van der Waals surface area contributed by atoms with Crippen molar-refractivity contribution < 1.29 is 27.4 Å². The van der Waals surface area contributed by atoms with E-state index in [0.29, 0.717) is 72.4 Å². The van der Waals surface area contributed by atoms with Crippen LogP contribution >= 0.6 is 10.6 Å². The van der Waals surface area contributed by atoms with Gasteiger partial charge >= 0.3 is 12.6 Å². The molecule has 1 aliphatic heterocycles. The summed E-state index contributed by atoms with van der Waals surface area (Å²) in [5.41, 5.74) is 1.87. The lowest BCUT2D eigenvalue weighted by Crippen LogP contribution is -2.44. The Hall–Kier alpha value is -3.33. The maximum absolute atomic E-state index is 13.6. The molecule has 3 heterocycles. The molecule has 1 saturated heterocycles. The second kappa shape index (κ2) is 11.2. The number of carbonyl (C=O) groups excluding carboxylic acids is 1. The molecular formula is C27H35F2N7O4S. The highest BCUT2D eigenvalue weighted by atomic mass is 32.3. The van der Waals surface area contributed by atoms with Gasteiger partial charge in [0.1, 0.15) is 15.5 Å². The van der Waals surface area contributed by atoms with Crippen LogP contribution in [0.15, 0.2) is 35.2 Å². The van der Waals surface area contributed by atoms with Gasteiger partial charge in [-0.2, -0.15) is 24.5 Å². The normalized spacial score (nSPS) is 18.9. The highest BCUT2D eigenvalue weighted by Crippen LogP contribution is 2.76. The van der Waals surface area contributed by atoms with Crippen LogP contribution in [-0.2, 0) is 9.48 Å². The molecule has 0 radical (unpaired) electrons. The van der Waals surface area contributed by atoms with Gasteiger partial charge < -0.3 is 20.3 Å². The monoisotopic (exact) mass is 591 g/mol. The number of benzene rings is 1. The number of hydrogen-bond donors (Lipinski definition) is 4. The quantitative estimate of drug-likeness (QED) is 0.269. The molecule has 2 aromatic heterocycles. The van der Waals surface area contributed by atoms with E-state index in [4.69, 9.17) is 14.7 Å². The molecule has 0 spiro atoms. The minimum atomic E-state index is -3.64. The van der Waals surface area contributed by atoms with Crippen LogP contribution in [0.25, 0.3) is 11.4 Å². The van der Waals surface area contributed by atoms with E-state index < -0.39 is 21.9 Å². The molecular weight excluding hydrogens is 556 g/mol. The lowest BCUT2D eigenvalue weighted by atomic mass is 10.1. The fourth-order valence-corrected chi connectivity index (χ4v) is 7.71. The minimum absolute atomic E-state index is 0.0206. The third-order valence-electron chi connectivity index (χ3n) is 7.56. The number of ether oxygens (including phenoxy) is 1. The summed E-state index contributed by atoms with van der Waals surface area (Å²) in [5, 5.41) is 9.33. The van der Waals surface area contributed by atoms with E-state index in [2.05, 4.69) is 20.6 Å². The fourth-order valence-electron chi connectivity index (χ4n) is 5.30. The molecule has 0 bridgehead atoms. The maximum atomic E-state index is 13.6. The van der Waals surface area contributed by atoms with Crippen molar-refractivity contribution in [3.63, 3.8) is 0 Å². The van der Waals surface area contributed by atoms with E-state index >= 15 is 0 Å². The first-order valence-electron chi connectivity index (χ1n) is 13.5. The summed E-state index contributed by atoms with van der Waals surface area (Å²) in [7, 11) is -3.64. The first kappa shape index (κ1) is 29.2. The molecule has 0 unspecified atom stereocenters. The van der Waals surface area contributed by atoms with E-state index in [1.54, 1.807) is 30.3 Å². The zero-order valence-corrected chi connectivity index (χ0v) is 24.2. The van der Waals surface area contributed by atoms with Gasteiger partial charge in [-0.25, -0.2) is 19.4 Å². The number of nitrogens with one attached hydrogen (secondary N) is 2. The first-order valence-corrected chi connectivity index (χ1v) is 15.0. The summed E-state index contributed by atoms with van der Waals surface area (Å²) in [4.78, 5) is 23.7. The standard InChI is InChI=1S/C27H35F2N7O4S/c1-5-30-26(37)31-20-8-6-19(7-9-20)24-32-21(14-22(33-24)35-12-13-40-15-16(35)2)27(10-11-27)41(38,39)23-17(3)34-36(18(23)4)25(28)29/h6-9,14,16,25,38-39H,5,10-13,15H2,1-4H3,(H2,30,31,37)/t16-/m0/s1. The number of urea groups is 1. The molecule has 41 heavy (non-hydrogen) atoms. The van der Waals surface area contributed by atoms with Gasteiger partial charge in [0.05, 0.1) is 36.3 Å². The number of anilines is 2. The Morgan fingerprint density at radius 2 is 1.93 bits per heavy atom. The lowest BCUT2D eigenvalue weighted by molar-refractivity contribution is 0.0538. The summed E-state index contributed by atoms with van der Waals surface area (Å²) in [6, 6.07) is 8.53. The van der Waals surface area contributed by atoms with Crippen molar-refractivity contribution in [2.75, 3.05) is 36.5 Å². The molecule has 222 valence electrons. The van der Waals surface area contributed by atoms with Crippen molar-refractivity contribution >= 4 is 28.1 Å². The van der Waals surface area contributed by atoms with Gasteiger partial charge in [0.15, 0.2) is 5.82 Å². The van der Waals surface area contributed by atoms with E-state index in [9.17, 15) is 22.7 Å². The molecule has 4 N–H and O–H groups in total. The number of aromatic nitrogens is 4. The molecule has 11 nitrogen and oxygen atoms in total. The molecule has 1 atom stereocenters. The molecule has 14 heteroatoms. The Bertz CT molecular complexity index is 1430. The Labute approximate surface area is 238 Å². The number of nitrogens with zero attached hydrogens (tertiary/aromatic N) is 5. The lowest BCUT2D eigenvalue weighted by Gasteiger charge is -2.41. The minimum Gasteiger partial charge on any atom is -0.377 e. The largest absolute Gasteiger partial charge is 0.377 e. The number of amides is 2. The van der Waals surface area contributed by atoms with E-state index in [1.165, 1.54) is 13.8 Å². The van der Waals surface area contributed by atoms with Gasteiger partial charge in [-0.3, -0.25) is 9.11 Å². The molecule has 1 aliphatic carbocycles. The van der Waals surface area contributed by atoms with Crippen LogP contribution in [0.3, 0.4) is 0 Å². The van der Waals surface area contributed by atoms with E-state index in [1.807, 2.05) is 13.8 Å². The smallest absolute Gasteiger partial charge is 0.333 e. The van der Waals surface area contributed by atoms with E-state index in [0.717, 1.165) is 0 Å². The van der Waals surface area contributed by atoms with Gasteiger partial charge in [-0.1, -0.05) is 0 Å². The van der Waals surface area contributed by atoms with Crippen LogP contribution in [0.4, 0.5) is 25.1 Å². The number of morpholine rings is 1. The van der Waals surface area contributed by atoms with Crippen molar-refractivity contribution in [1.29, 1.82) is 0 Å². The second-order valence-corrected chi connectivity index (χ2v) is 12.7. The zero-order valence-electron chi connectivity index (χ0n) is 23.4. The van der Waals surface area contributed by atoms with Crippen molar-refractivity contribution in [2.24, 2.45) is 0 Å². The Kier molecular flexibility index (Phi) is 7.94. The molecule has 1 aromatic carbocycles. The molecule has 5 rings (SSSR count). The van der Waals surface area contributed by atoms with E-state index in [-0.39, 0.29) is 28.4 Å². The van der Waals surface area contributed by atoms with Gasteiger partial charge in [-0.05, 0) is 64.8 Å². The Morgan fingerprint density at radius 1 is 1.22 bits per heavy atom. The van der Waals surface area contributed by atoms with Crippen LogP contribution < -0.4 is 15.5 Å². The predicted molar refractivity (Wildman–Crippen MR) is 153 cm³/mol. The molecule has 1 saturated carbocycles. The molecule has 2 aliphatic rings. The average molecular weight is 592 g/mol. The summed E-state index contributed by atoms with van der Waals surface area (Å²) in [6.45, 7) is 6.00. The fraction of sp³-hybridized carbons (Fsp3) is 0.481. The van der Waals surface area contributed by atoms with Gasteiger partial charge in [-0.15, -0.1) is 0 Å². The number of halogens is 2. The van der Waals surface area contributed by atoms with Crippen molar-refractivity contribution in [3.05, 3.63) is 47.4 Å². The first-order chi connectivity index (χ1) is 19.5. The second-order valence-electron chi connectivity index (χ2n) is 10.4. The summed E-state index contributed by atoms with van der Waals surface area (Å²) in [6.07, 6.45) is 0.829. The zero-order chi connectivity index (χ0) is 29.5. The summed E-state index contributed by atoms with van der Waals surface area (Å²) < 4.78 is 55.7. The maximum Gasteiger partial charge on any atom is 0.333 e. The average Bonchev–Trinajstić information content (AvgIpc) is 3.69. The van der Waals surface area contributed by atoms with Gasteiger partial charge in [0, 0.05) is 30.4 Å². The summed E-state index contributed by atoms with van der Waals surface area (Å²) in [5.74, 6) is 0.988. The Morgan fingerprint density at radius 3 is 2.51 bits per heavy atom. The van der Waals surface area contributed by atoms with Crippen molar-refractivity contribution in [1.82, 2.24) is 25.1 Å². The SMILES string of the molecule is CCNC(=O)Nc1ccc(-c2nc(N3CCOC[C@@H]3C)cc(C3(S(O)(O)c4c(C)nn(C(F)F)c4C)CC3)n2)cc1. The highest BCUT2D eigenvalue weighted by Gasteiger charge is 2.59. The predicted octanol–water partition coefficient (Wildman–Crippen LogP) is 5.52. The van der Waals surface area contributed by atoms with Crippen LogP contribution in [0.5, 0.6) is 0 Å². The Balaban J connectivity index is 1.58. The molecule has 3 aromatic rings. The van der Waals surface area contributed by atoms with Crippen LogP contribution in [0, 0.1) is 13.8 Å². The topological polar surface area (TPSA) is 138 Å².